The van der Waals surface area contributed by atoms with Crippen molar-refractivity contribution in [1.29, 1.82) is 0 Å². The van der Waals surface area contributed by atoms with Crippen molar-refractivity contribution >= 4 is 55.7 Å². The summed E-state index contributed by atoms with van der Waals surface area (Å²) in [5, 5.41) is 1.25. The molecule has 0 fully saturated rings. The van der Waals surface area contributed by atoms with E-state index >= 15 is 0 Å². The number of rotatable bonds is 8. The van der Waals surface area contributed by atoms with Gasteiger partial charge in [-0.25, -0.2) is 0 Å². The van der Waals surface area contributed by atoms with E-state index in [-0.39, 0.29) is 0 Å². The molecule has 1 aliphatic rings. The largest absolute Gasteiger partial charge is 0.312 e. The van der Waals surface area contributed by atoms with E-state index in [0.29, 0.717) is 0 Å². The molecule has 2 heterocycles. The Labute approximate surface area is 316 Å². The summed E-state index contributed by atoms with van der Waals surface area (Å²) in [4.78, 5) is 0. The first-order valence-electron chi connectivity index (χ1n) is 18.6. The van der Waals surface area contributed by atoms with Gasteiger partial charge in [0.25, 0.3) is 0 Å². The average Bonchev–Trinajstić information content (AvgIpc) is 3.64. The molecule has 7 aromatic rings. The predicted octanol–water partition coefficient (Wildman–Crippen LogP) is 9.35. The fourth-order valence-electron chi connectivity index (χ4n) is 8.51. The molecule has 0 amide bonds. The van der Waals surface area contributed by atoms with Gasteiger partial charge in [0, 0.05) is 50.4 Å². The van der Waals surface area contributed by atoms with Crippen molar-refractivity contribution in [2.24, 2.45) is 0 Å². The van der Waals surface area contributed by atoms with E-state index in [1.807, 2.05) is 18.2 Å². The first-order chi connectivity index (χ1) is 25.9. The highest BCUT2D eigenvalue weighted by atomic mass is 15.0. The molecule has 0 aliphatic heterocycles. The summed E-state index contributed by atoms with van der Waals surface area (Å²) in [6.07, 6.45) is 17.0. The van der Waals surface area contributed by atoms with Crippen molar-refractivity contribution in [2.75, 3.05) is 0 Å². The molecule has 0 saturated heterocycles. The first kappa shape index (κ1) is 33.9. The van der Waals surface area contributed by atoms with Crippen molar-refractivity contribution in [3.63, 3.8) is 0 Å². The van der Waals surface area contributed by atoms with Crippen LogP contribution in [0.2, 0.25) is 0 Å². The summed E-state index contributed by atoms with van der Waals surface area (Å²) in [5.41, 5.74) is 20.8. The van der Waals surface area contributed by atoms with Gasteiger partial charge >= 0.3 is 0 Å². The van der Waals surface area contributed by atoms with Crippen LogP contribution in [0.5, 0.6) is 0 Å². The van der Waals surface area contributed by atoms with E-state index < -0.39 is 0 Å². The molecule has 4 heteroatoms. The Morgan fingerprint density at radius 1 is 0.755 bits per heavy atom. The molecule has 0 unspecified atom stereocenters. The van der Waals surface area contributed by atoms with Crippen LogP contribution in [0.25, 0.3) is 73.9 Å². The lowest BCUT2D eigenvalue weighted by atomic mass is 9.70. The highest BCUT2D eigenvalue weighted by molar-refractivity contribution is 6.49. The molecule has 0 saturated carbocycles. The SMILES string of the molecule is Bc1c(-c2ccccc2)c(B)c(-c2ccccc2)c(-n2c3c(c4cc(-n5c(/C=C\C)c(C)c(C)c5/C=C\C=C)ccc42)C=CCC3)c1-c1c#cccc1. The van der Waals surface area contributed by atoms with Gasteiger partial charge in [-0.15, -0.1) is 0 Å². The standard InChI is InChI=1S/C49H42B2N2/c1-5-7-27-41-33(4)32(3)40(19-6-2)52(41)37-29-30-43-39(31-37)38-26-17-18-28-42(38)53(43)49-45(35-22-13-9-14-23-35)47(50)44(34-20-11-8-12-21-34)48(51)46(49)36-24-15-10-16-25-36/h5-15,17,19-24,26-27,29-31H,1,18,28,50-51H2,2-4H3/b19-6-,27-7-. The maximum absolute atomic E-state index is 3.96. The van der Waals surface area contributed by atoms with Crippen LogP contribution in [0.3, 0.4) is 0 Å². The highest BCUT2D eigenvalue weighted by Crippen LogP contribution is 2.43. The number of allylic oxidation sites excluding steroid dienone is 4. The van der Waals surface area contributed by atoms with Gasteiger partial charge in [0.15, 0.2) is 0 Å². The molecule has 254 valence electrons. The third kappa shape index (κ3) is 5.65. The van der Waals surface area contributed by atoms with Gasteiger partial charge in [-0.05, 0) is 104 Å². The summed E-state index contributed by atoms with van der Waals surface area (Å²) < 4.78 is 4.99. The van der Waals surface area contributed by atoms with Crippen LogP contribution >= 0.6 is 0 Å². The fourth-order valence-corrected chi connectivity index (χ4v) is 8.51. The van der Waals surface area contributed by atoms with E-state index in [1.165, 1.54) is 89.1 Å². The zero-order chi connectivity index (χ0) is 36.6. The van der Waals surface area contributed by atoms with Gasteiger partial charge in [-0.2, -0.15) is 0 Å². The number of aromatic nitrogens is 2. The Balaban J connectivity index is 1.52. The average molecular weight is 681 g/mol. The Morgan fingerprint density at radius 2 is 1.43 bits per heavy atom. The Bertz CT molecular complexity index is 2530. The van der Waals surface area contributed by atoms with E-state index in [4.69, 9.17) is 0 Å². The lowest BCUT2D eigenvalue weighted by Crippen LogP contribution is -2.27. The third-order valence-electron chi connectivity index (χ3n) is 11.0. The molecule has 53 heavy (non-hydrogen) atoms. The zero-order valence-corrected chi connectivity index (χ0v) is 31.3. The Morgan fingerprint density at radius 3 is 2.09 bits per heavy atom. The van der Waals surface area contributed by atoms with Gasteiger partial charge in [-0.1, -0.05) is 127 Å². The number of fused-ring (bicyclic) bond motifs is 3. The number of nitrogens with zero attached hydrogens (tertiary/aromatic N) is 2. The maximum Gasteiger partial charge on any atom is 0.141 e. The number of hydrogen-bond acceptors (Lipinski definition) is 0. The van der Waals surface area contributed by atoms with Crippen molar-refractivity contribution in [3.05, 3.63) is 174 Å². The van der Waals surface area contributed by atoms with Crippen LogP contribution in [-0.2, 0) is 6.42 Å². The minimum atomic E-state index is 0.950. The van der Waals surface area contributed by atoms with Crippen molar-refractivity contribution < 1.29 is 0 Å². The monoisotopic (exact) mass is 680 g/mol. The molecule has 0 spiro atoms. The molecule has 8 rings (SSSR count). The van der Waals surface area contributed by atoms with E-state index in [2.05, 4.69) is 186 Å². The lowest BCUT2D eigenvalue weighted by molar-refractivity contribution is 0.891. The minimum absolute atomic E-state index is 0.950. The van der Waals surface area contributed by atoms with Crippen molar-refractivity contribution in [2.45, 2.75) is 33.6 Å². The molecule has 0 N–H and O–H groups in total. The normalized spacial score (nSPS) is 12.5. The van der Waals surface area contributed by atoms with Crippen LogP contribution < -0.4 is 10.9 Å². The molecule has 0 bridgehead atoms. The number of benzene rings is 4. The van der Waals surface area contributed by atoms with Gasteiger partial charge in [0.05, 0.1) is 11.2 Å². The van der Waals surface area contributed by atoms with E-state index in [0.717, 1.165) is 24.1 Å². The molecular formula is C49H42B2N2. The van der Waals surface area contributed by atoms with Crippen LogP contribution in [-0.4, -0.2) is 24.8 Å². The fraction of sp³-hybridized carbons (Fsp3) is 0.102. The first-order valence-corrected chi connectivity index (χ1v) is 18.6. The summed E-state index contributed by atoms with van der Waals surface area (Å²) >= 11 is 0. The van der Waals surface area contributed by atoms with E-state index in [9.17, 15) is 0 Å². The Kier molecular flexibility index (Phi) is 9.03. The zero-order valence-electron chi connectivity index (χ0n) is 31.3. The molecular weight excluding hydrogens is 638 g/mol. The lowest BCUT2D eigenvalue weighted by Gasteiger charge is -2.27. The highest BCUT2D eigenvalue weighted by Gasteiger charge is 2.28. The van der Waals surface area contributed by atoms with Gasteiger partial charge < -0.3 is 9.13 Å². The smallest absolute Gasteiger partial charge is 0.141 e. The molecule has 0 atom stereocenters. The maximum atomic E-state index is 3.96. The van der Waals surface area contributed by atoms with Crippen molar-refractivity contribution in [3.8, 4) is 44.8 Å². The Hall–Kier alpha value is -6.17. The second-order valence-electron chi connectivity index (χ2n) is 14.0. The van der Waals surface area contributed by atoms with Crippen LogP contribution in [0.1, 0.15) is 47.1 Å². The molecule has 0 radical (unpaired) electrons. The molecule has 2 aromatic heterocycles. The second-order valence-corrected chi connectivity index (χ2v) is 14.0. The van der Waals surface area contributed by atoms with Crippen LogP contribution in [0, 0.1) is 26.0 Å². The third-order valence-corrected chi connectivity index (χ3v) is 11.0. The molecule has 5 aromatic carbocycles. The number of hydrogen-bond donors (Lipinski definition) is 0. The topological polar surface area (TPSA) is 9.86 Å². The summed E-state index contributed by atoms with van der Waals surface area (Å²) in [6, 6.07) is 41.9. The van der Waals surface area contributed by atoms with Crippen molar-refractivity contribution in [1.82, 2.24) is 9.13 Å². The van der Waals surface area contributed by atoms with Gasteiger partial charge in [-0.3, -0.25) is 0 Å². The summed E-state index contributed by atoms with van der Waals surface area (Å²) in [5.74, 6) is 0. The summed E-state index contributed by atoms with van der Waals surface area (Å²) in [7, 11) is 4.59. The van der Waals surface area contributed by atoms with E-state index in [1.54, 1.807) is 0 Å². The molecule has 2 nitrogen and oxygen atoms in total. The molecule has 1 aliphatic carbocycles. The quantitative estimate of drug-likeness (QED) is 0.112. The van der Waals surface area contributed by atoms with Gasteiger partial charge in [0.1, 0.15) is 15.7 Å². The predicted molar refractivity (Wildman–Crippen MR) is 234 cm³/mol. The van der Waals surface area contributed by atoms with Crippen LogP contribution in [0.4, 0.5) is 0 Å². The van der Waals surface area contributed by atoms with Gasteiger partial charge in [0.2, 0.25) is 0 Å². The second kappa shape index (κ2) is 14.1. The van der Waals surface area contributed by atoms with Crippen LogP contribution in [0.15, 0.2) is 128 Å². The minimum Gasteiger partial charge on any atom is -0.312 e. The summed E-state index contributed by atoms with van der Waals surface area (Å²) in [6.45, 7) is 10.5.